The van der Waals surface area contributed by atoms with Crippen LogP contribution in [0, 0.1) is 5.82 Å². The van der Waals surface area contributed by atoms with E-state index in [1.54, 1.807) is 18.2 Å². The number of fused-ring (bicyclic) bond motifs is 1. The maximum absolute atomic E-state index is 13.7. The maximum atomic E-state index is 13.7. The number of carbonyl (C=O) groups is 1. The molecule has 6 nitrogen and oxygen atoms in total. The summed E-state index contributed by atoms with van der Waals surface area (Å²) in [5.74, 6) is -0.400. The van der Waals surface area contributed by atoms with E-state index < -0.39 is 0 Å². The molecule has 7 heteroatoms. The van der Waals surface area contributed by atoms with Gasteiger partial charge in [0.25, 0.3) is 11.6 Å². The average Bonchev–Trinajstić information content (AvgIpc) is 3.28. The number of nitrogens with zero attached hydrogens (tertiary/aromatic N) is 4. The number of piperazine rings is 1. The van der Waals surface area contributed by atoms with Crippen LogP contribution in [0.2, 0.25) is 0 Å². The van der Waals surface area contributed by atoms with Gasteiger partial charge in [-0.2, -0.15) is 0 Å². The summed E-state index contributed by atoms with van der Waals surface area (Å²) in [6.07, 6.45) is 0. The van der Waals surface area contributed by atoms with Crippen molar-refractivity contribution in [1.29, 1.82) is 0 Å². The minimum atomic E-state index is -0.328. The van der Waals surface area contributed by atoms with E-state index in [0.29, 0.717) is 46.7 Å². The van der Waals surface area contributed by atoms with Crippen LogP contribution in [0.4, 0.5) is 4.39 Å². The predicted molar refractivity (Wildman–Crippen MR) is 121 cm³/mol. The highest BCUT2D eigenvalue weighted by Crippen LogP contribution is 2.33. The van der Waals surface area contributed by atoms with E-state index in [1.807, 2.05) is 35.2 Å². The van der Waals surface area contributed by atoms with Crippen molar-refractivity contribution in [3.63, 3.8) is 0 Å². The number of aromatic nitrogens is 2. The van der Waals surface area contributed by atoms with Gasteiger partial charge >= 0.3 is 0 Å². The van der Waals surface area contributed by atoms with Crippen LogP contribution in [0.15, 0.2) is 65.2 Å². The van der Waals surface area contributed by atoms with Crippen molar-refractivity contribution >= 4 is 17.0 Å². The first kappa shape index (κ1) is 20.3. The quantitative estimate of drug-likeness (QED) is 0.478. The van der Waals surface area contributed by atoms with Gasteiger partial charge in [-0.25, -0.2) is 9.37 Å². The molecular weight excluding hydrogens is 407 g/mol. The fraction of sp³-hybridized carbons (Fsp3) is 0.240. The van der Waals surface area contributed by atoms with E-state index in [9.17, 15) is 9.18 Å². The Morgan fingerprint density at radius 1 is 1.00 bits per heavy atom. The molecule has 0 spiro atoms. The Morgan fingerprint density at radius 2 is 1.72 bits per heavy atom. The summed E-state index contributed by atoms with van der Waals surface area (Å²) < 4.78 is 19.0. The average molecular weight is 430 g/mol. The lowest BCUT2D eigenvalue weighted by atomic mass is 10.0. The van der Waals surface area contributed by atoms with Gasteiger partial charge in [0.15, 0.2) is 0 Å². The third kappa shape index (κ3) is 3.76. The zero-order valence-electron chi connectivity index (χ0n) is 17.8. The molecule has 5 rings (SSSR count). The van der Waals surface area contributed by atoms with Crippen molar-refractivity contribution < 1.29 is 13.7 Å². The second-order valence-corrected chi connectivity index (χ2v) is 7.87. The van der Waals surface area contributed by atoms with E-state index in [4.69, 9.17) is 4.52 Å². The molecule has 1 saturated heterocycles. The summed E-state index contributed by atoms with van der Waals surface area (Å²) >= 11 is 0. The fourth-order valence-corrected chi connectivity index (χ4v) is 4.12. The van der Waals surface area contributed by atoms with Crippen molar-refractivity contribution in [3.05, 3.63) is 72.0 Å². The topological polar surface area (TPSA) is 62.5 Å². The smallest absolute Gasteiger partial charge is 0.259 e. The largest absolute Gasteiger partial charge is 0.336 e. The number of rotatable bonds is 4. The number of carbonyl (C=O) groups excluding carboxylic acids is 1. The molecule has 0 radical (unpaired) electrons. The molecule has 1 fully saturated rings. The summed E-state index contributed by atoms with van der Waals surface area (Å²) in [5.41, 5.74) is 3.49. The van der Waals surface area contributed by atoms with Crippen LogP contribution in [0.1, 0.15) is 17.3 Å². The van der Waals surface area contributed by atoms with Crippen molar-refractivity contribution in [1.82, 2.24) is 19.9 Å². The Morgan fingerprint density at radius 3 is 2.41 bits per heavy atom. The summed E-state index contributed by atoms with van der Waals surface area (Å²) in [7, 11) is 0. The van der Waals surface area contributed by atoms with E-state index in [2.05, 4.69) is 22.0 Å². The first-order chi connectivity index (χ1) is 15.6. The molecular formula is C25H23FN4O2. The van der Waals surface area contributed by atoms with Crippen LogP contribution in [0.5, 0.6) is 0 Å². The molecule has 1 aliphatic heterocycles. The summed E-state index contributed by atoms with van der Waals surface area (Å²) in [6.45, 7) is 6.11. The van der Waals surface area contributed by atoms with E-state index in [0.717, 1.165) is 25.2 Å². The Hall–Kier alpha value is -3.58. The van der Waals surface area contributed by atoms with Crippen LogP contribution in [-0.2, 0) is 0 Å². The van der Waals surface area contributed by atoms with Crippen LogP contribution in [0.25, 0.3) is 33.6 Å². The summed E-state index contributed by atoms with van der Waals surface area (Å²) in [6, 6.07) is 17.4. The first-order valence-electron chi connectivity index (χ1n) is 10.8. The van der Waals surface area contributed by atoms with Crippen molar-refractivity contribution in [2.24, 2.45) is 0 Å². The number of benzene rings is 2. The highest BCUT2D eigenvalue weighted by atomic mass is 19.1. The zero-order chi connectivity index (χ0) is 22.1. The second kappa shape index (κ2) is 8.51. The summed E-state index contributed by atoms with van der Waals surface area (Å²) in [4.78, 5) is 22.5. The van der Waals surface area contributed by atoms with Gasteiger partial charge in [0, 0.05) is 37.3 Å². The van der Waals surface area contributed by atoms with E-state index in [1.165, 1.54) is 12.1 Å². The standard InChI is InChI=1S/C25H23FN4O2/c1-2-29-12-14-30(15-13-29)25(31)20-16-21(17-8-10-19(26)11-9-17)27-24-22(20)23(28-32-24)18-6-4-3-5-7-18/h3-11,16H,2,12-15H2,1H3. The molecule has 0 atom stereocenters. The first-order valence-corrected chi connectivity index (χ1v) is 10.8. The fourth-order valence-electron chi connectivity index (χ4n) is 4.12. The highest BCUT2D eigenvalue weighted by molar-refractivity contribution is 6.10. The lowest BCUT2D eigenvalue weighted by Crippen LogP contribution is -2.48. The molecule has 2 aromatic carbocycles. The minimum absolute atomic E-state index is 0.0723. The van der Waals surface area contributed by atoms with Gasteiger partial charge in [-0.05, 0) is 36.9 Å². The third-order valence-corrected chi connectivity index (χ3v) is 5.97. The van der Waals surface area contributed by atoms with Gasteiger partial charge in [-0.1, -0.05) is 42.4 Å². The highest BCUT2D eigenvalue weighted by Gasteiger charge is 2.27. The molecule has 1 amide bonds. The van der Waals surface area contributed by atoms with Gasteiger partial charge in [-0.15, -0.1) is 0 Å². The molecule has 0 N–H and O–H groups in total. The Kier molecular flexibility index (Phi) is 5.41. The molecule has 0 aliphatic carbocycles. The number of pyridine rings is 1. The normalized spacial score (nSPS) is 14.8. The second-order valence-electron chi connectivity index (χ2n) is 7.87. The molecule has 1 aliphatic rings. The lowest BCUT2D eigenvalue weighted by molar-refractivity contribution is 0.0645. The number of likely N-dealkylation sites (N-methyl/N-ethyl adjacent to an activating group) is 1. The molecule has 0 unspecified atom stereocenters. The van der Waals surface area contributed by atoms with Crippen LogP contribution >= 0.6 is 0 Å². The molecule has 4 aromatic rings. The zero-order valence-corrected chi connectivity index (χ0v) is 17.8. The maximum Gasteiger partial charge on any atom is 0.259 e. The third-order valence-electron chi connectivity index (χ3n) is 5.97. The molecule has 3 heterocycles. The minimum Gasteiger partial charge on any atom is -0.336 e. The molecule has 162 valence electrons. The number of amides is 1. The molecule has 2 aromatic heterocycles. The molecule has 32 heavy (non-hydrogen) atoms. The van der Waals surface area contributed by atoms with Crippen LogP contribution < -0.4 is 0 Å². The van der Waals surface area contributed by atoms with Gasteiger partial charge in [-0.3, -0.25) is 4.79 Å². The van der Waals surface area contributed by atoms with Crippen molar-refractivity contribution in [3.8, 4) is 22.5 Å². The van der Waals surface area contributed by atoms with E-state index in [-0.39, 0.29) is 11.7 Å². The van der Waals surface area contributed by atoms with Crippen LogP contribution in [0.3, 0.4) is 0 Å². The van der Waals surface area contributed by atoms with Gasteiger partial charge in [0.05, 0.1) is 16.6 Å². The number of hydrogen-bond donors (Lipinski definition) is 0. The van der Waals surface area contributed by atoms with Crippen molar-refractivity contribution in [2.75, 3.05) is 32.7 Å². The monoisotopic (exact) mass is 430 g/mol. The van der Waals surface area contributed by atoms with Gasteiger partial charge < -0.3 is 14.3 Å². The predicted octanol–water partition coefficient (Wildman–Crippen LogP) is 4.47. The van der Waals surface area contributed by atoms with Gasteiger partial charge in [0.2, 0.25) is 0 Å². The summed E-state index contributed by atoms with van der Waals surface area (Å²) in [5, 5.41) is 4.85. The SMILES string of the molecule is CCN1CCN(C(=O)c2cc(-c3ccc(F)cc3)nc3onc(-c4ccccc4)c23)CC1. The number of hydrogen-bond acceptors (Lipinski definition) is 5. The van der Waals surface area contributed by atoms with Crippen LogP contribution in [-0.4, -0.2) is 58.6 Å². The molecule has 0 bridgehead atoms. The Balaban J connectivity index is 1.64. The Labute approximate surface area is 185 Å². The van der Waals surface area contributed by atoms with Gasteiger partial charge in [0.1, 0.15) is 11.5 Å². The Bertz CT molecular complexity index is 1250. The molecule has 0 saturated carbocycles. The number of halogens is 1. The van der Waals surface area contributed by atoms with Crippen molar-refractivity contribution in [2.45, 2.75) is 6.92 Å². The lowest BCUT2D eigenvalue weighted by Gasteiger charge is -2.34. The van der Waals surface area contributed by atoms with E-state index >= 15 is 0 Å².